The normalized spacial score (nSPS) is 12.1. The SMILES string of the molecule is c1ccc(-n2c3cc4c(cc3c3c5ccccc5ccc32)c2ccccc2n4-c2cccc(-c3cccc4c3sc3ccccc34)c2)cc1. The average molecular weight is 641 g/mol. The zero-order chi connectivity index (χ0) is 32.1. The first-order valence-corrected chi connectivity index (χ1v) is 17.6. The molecule has 0 amide bonds. The fourth-order valence-electron chi connectivity index (χ4n) is 8.17. The summed E-state index contributed by atoms with van der Waals surface area (Å²) in [7, 11) is 0. The maximum Gasteiger partial charge on any atom is 0.0562 e. The summed E-state index contributed by atoms with van der Waals surface area (Å²) < 4.78 is 7.57. The van der Waals surface area contributed by atoms with Gasteiger partial charge in [-0.25, -0.2) is 0 Å². The maximum atomic E-state index is 2.46. The number of aromatic nitrogens is 2. The molecule has 8 aromatic carbocycles. The molecular weight excluding hydrogens is 613 g/mol. The number of benzene rings is 8. The Hall–Kier alpha value is -6.16. The molecule has 0 saturated carbocycles. The van der Waals surface area contributed by atoms with Crippen LogP contribution in [0.2, 0.25) is 0 Å². The molecule has 3 heterocycles. The molecular formula is C46H28N2S. The molecule has 3 heteroatoms. The number of hydrogen-bond acceptors (Lipinski definition) is 1. The molecule has 0 aliphatic heterocycles. The monoisotopic (exact) mass is 640 g/mol. The van der Waals surface area contributed by atoms with Crippen molar-refractivity contribution in [2.75, 3.05) is 0 Å². The van der Waals surface area contributed by atoms with Gasteiger partial charge in [-0.2, -0.15) is 0 Å². The van der Waals surface area contributed by atoms with Gasteiger partial charge in [0.1, 0.15) is 0 Å². The zero-order valence-corrected chi connectivity index (χ0v) is 27.3. The second kappa shape index (κ2) is 10.2. The molecule has 0 saturated heterocycles. The quantitative estimate of drug-likeness (QED) is 0.182. The van der Waals surface area contributed by atoms with Crippen LogP contribution in [0.5, 0.6) is 0 Å². The highest BCUT2D eigenvalue weighted by atomic mass is 32.1. The van der Waals surface area contributed by atoms with Gasteiger partial charge in [-0.05, 0) is 76.5 Å². The minimum atomic E-state index is 1.16. The van der Waals surface area contributed by atoms with Crippen molar-refractivity contribution < 1.29 is 0 Å². The molecule has 2 nitrogen and oxygen atoms in total. The van der Waals surface area contributed by atoms with Crippen molar-refractivity contribution in [2.45, 2.75) is 0 Å². The summed E-state index contributed by atoms with van der Waals surface area (Å²) in [6, 6.07) is 62.4. The van der Waals surface area contributed by atoms with Crippen molar-refractivity contribution in [3.8, 4) is 22.5 Å². The summed E-state index contributed by atoms with van der Waals surface area (Å²) in [4.78, 5) is 0. The summed E-state index contributed by atoms with van der Waals surface area (Å²) in [5.41, 5.74) is 9.68. The molecule has 0 spiro atoms. The fraction of sp³-hybridized carbons (Fsp3) is 0. The molecule has 0 unspecified atom stereocenters. The lowest BCUT2D eigenvalue weighted by molar-refractivity contribution is 1.17. The van der Waals surface area contributed by atoms with Crippen molar-refractivity contribution in [3.63, 3.8) is 0 Å². The zero-order valence-electron chi connectivity index (χ0n) is 26.5. The molecule has 3 aromatic heterocycles. The molecule has 0 radical (unpaired) electrons. The Bertz CT molecular complexity index is 3100. The maximum absolute atomic E-state index is 2.46. The highest BCUT2D eigenvalue weighted by molar-refractivity contribution is 7.26. The van der Waals surface area contributed by atoms with E-state index in [1.165, 1.54) is 91.4 Å². The van der Waals surface area contributed by atoms with Crippen LogP contribution in [0.15, 0.2) is 170 Å². The summed E-state index contributed by atoms with van der Waals surface area (Å²) in [5, 5.41) is 10.3. The lowest BCUT2D eigenvalue weighted by Crippen LogP contribution is -1.96. The first-order valence-electron chi connectivity index (χ1n) is 16.8. The predicted molar refractivity (Wildman–Crippen MR) is 211 cm³/mol. The van der Waals surface area contributed by atoms with Gasteiger partial charge in [-0.3, -0.25) is 0 Å². The minimum Gasteiger partial charge on any atom is -0.309 e. The number of para-hydroxylation sites is 2. The Labute approximate surface area is 286 Å². The van der Waals surface area contributed by atoms with Crippen LogP contribution in [0.4, 0.5) is 0 Å². The van der Waals surface area contributed by atoms with Crippen LogP contribution < -0.4 is 0 Å². The van der Waals surface area contributed by atoms with Crippen LogP contribution in [-0.4, -0.2) is 9.13 Å². The Morgan fingerprint density at radius 1 is 0.367 bits per heavy atom. The number of thiophene rings is 1. The third-order valence-corrected chi connectivity index (χ3v) is 11.5. The summed E-state index contributed by atoms with van der Waals surface area (Å²) >= 11 is 1.89. The van der Waals surface area contributed by atoms with Gasteiger partial charge in [-0.15, -0.1) is 11.3 Å². The lowest BCUT2D eigenvalue weighted by atomic mass is 10.0. The molecule has 0 fully saturated rings. The fourth-order valence-corrected chi connectivity index (χ4v) is 9.41. The highest BCUT2D eigenvalue weighted by Gasteiger charge is 2.20. The number of hydrogen-bond donors (Lipinski definition) is 0. The van der Waals surface area contributed by atoms with Crippen LogP contribution in [0.1, 0.15) is 0 Å². The summed E-state index contributed by atoms with van der Waals surface area (Å²) in [6.45, 7) is 0. The van der Waals surface area contributed by atoms with Gasteiger partial charge in [0.2, 0.25) is 0 Å². The van der Waals surface area contributed by atoms with E-state index in [0.717, 1.165) is 5.69 Å². The molecule has 228 valence electrons. The predicted octanol–water partition coefficient (Wildman–Crippen LogP) is 13.1. The molecule has 11 aromatic rings. The van der Waals surface area contributed by atoms with Crippen LogP contribution in [0.25, 0.3) is 97.1 Å². The van der Waals surface area contributed by atoms with Gasteiger partial charge < -0.3 is 9.13 Å². The van der Waals surface area contributed by atoms with Crippen LogP contribution in [0, 0.1) is 0 Å². The van der Waals surface area contributed by atoms with Crippen molar-refractivity contribution in [2.24, 2.45) is 0 Å². The summed E-state index contributed by atoms with van der Waals surface area (Å²) in [5.74, 6) is 0. The van der Waals surface area contributed by atoms with Crippen LogP contribution in [0.3, 0.4) is 0 Å². The largest absolute Gasteiger partial charge is 0.309 e. The van der Waals surface area contributed by atoms with Gasteiger partial charge in [-0.1, -0.05) is 115 Å². The Balaban J connectivity index is 1.23. The molecule has 0 aliphatic rings. The van der Waals surface area contributed by atoms with Gasteiger partial charge in [0.25, 0.3) is 0 Å². The van der Waals surface area contributed by atoms with Crippen LogP contribution in [-0.2, 0) is 0 Å². The first kappa shape index (κ1) is 26.9. The van der Waals surface area contributed by atoms with E-state index in [0.29, 0.717) is 0 Å². The topological polar surface area (TPSA) is 9.86 Å². The van der Waals surface area contributed by atoms with Gasteiger partial charge in [0.05, 0.1) is 22.1 Å². The second-order valence-corrected chi connectivity index (χ2v) is 14.0. The third kappa shape index (κ3) is 3.82. The molecule has 0 aliphatic carbocycles. The summed E-state index contributed by atoms with van der Waals surface area (Å²) in [6.07, 6.45) is 0. The molecule has 11 rings (SSSR count). The second-order valence-electron chi connectivity index (χ2n) is 12.9. The standard InChI is InChI=1S/C46H28N2S/c1-2-14-31(15-3-1)47-41-25-24-29-12-4-5-17-33(29)45(41)39-27-38-35-18-6-8-22-40(35)48(42(38)28-43(39)47)32-16-10-13-30(26-32)34-20-11-21-37-36-19-7-9-23-44(36)49-46(34)37/h1-28H. The van der Waals surface area contributed by atoms with Gasteiger partial charge in [0.15, 0.2) is 0 Å². The van der Waals surface area contributed by atoms with E-state index < -0.39 is 0 Å². The smallest absolute Gasteiger partial charge is 0.0562 e. The van der Waals surface area contributed by atoms with E-state index in [1.54, 1.807) is 0 Å². The molecule has 0 atom stereocenters. The molecule has 0 bridgehead atoms. The van der Waals surface area contributed by atoms with Gasteiger partial charge in [0, 0.05) is 53.1 Å². The van der Waals surface area contributed by atoms with Gasteiger partial charge >= 0.3 is 0 Å². The van der Waals surface area contributed by atoms with Crippen molar-refractivity contribution in [3.05, 3.63) is 170 Å². The van der Waals surface area contributed by atoms with Crippen molar-refractivity contribution in [1.82, 2.24) is 9.13 Å². The Kier molecular flexibility index (Phi) is 5.57. The van der Waals surface area contributed by atoms with E-state index >= 15 is 0 Å². The van der Waals surface area contributed by atoms with Crippen molar-refractivity contribution in [1.29, 1.82) is 0 Å². The Morgan fingerprint density at radius 2 is 1.06 bits per heavy atom. The number of fused-ring (bicyclic) bond motifs is 11. The number of rotatable bonds is 3. The van der Waals surface area contributed by atoms with E-state index in [2.05, 4.69) is 179 Å². The van der Waals surface area contributed by atoms with Crippen molar-refractivity contribution >= 4 is 85.9 Å². The highest BCUT2D eigenvalue weighted by Crippen LogP contribution is 2.43. The van der Waals surface area contributed by atoms with E-state index in [4.69, 9.17) is 0 Å². The minimum absolute atomic E-state index is 1.16. The lowest BCUT2D eigenvalue weighted by Gasteiger charge is -2.12. The molecule has 49 heavy (non-hydrogen) atoms. The van der Waals surface area contributed by atoms with Crippen LogP contribution >= 0.6 is 11.3 Å². The van der Waals surface area contributed by atoms with E-state index in [1.807, 2.05) is 11.3 Å². The molecule has 0 N–H and O–H groups in total. The van der Waals surface area contributed by atoms with E-state index in [9.17, 15) is 0 Å². The average Bonchev–Trinajstić information content (AvgIpc) is 3.82. The van der Waals surface area contributed by atoms with E-state index in [-0.39, 0.29) is 0 Å². The first-order chi connectivity index (χ1) is 24.3. The Morgan fingerprint density at radius 3 is 1.98 bits per heavy atom. The number of nitrogens with zero attached hydrogens (tertiary/aromatic N) is 2. The third-order valence-electron chi connectivity index (χ3n) is 10.3.